The third kappa shape index (κ3) is 2.93. The van der Waals surface area contributed by atoms with Gasteiger partial charge in [-0.2, -0.15) is 5.10 Å². The van der Waals surface area contributed by atoms with Crippen LogP contribution in [0, 0.1) is 0 Å². The molecule has 0 saturated carbocycles. The quantitative estimate of drug-likeness (QED) is 0.877. The maximum Gasteiger partial charge on any atom is 0.0522 e. The van der Waals surface area contributed by atoms with Crippen LogP contribution in [0.3, 0.4) is 0 Å². The Hall–Kier alpha value is -0.870. The molecule has 2 unspecified atom stereocenters. The van der Waals surface area contributed by atoms with Gasteiger partial charge in [0.25, 0.3) is 0 Å². The molecule has 1 aromatic heterocycles. The molecule has 0 spiro atoms. The van der Waals surface area contributed by atoms with Crippen molar-refractivity contribution in [2.45, 2.75) is 45.2 Å². The predicted molar refractivity (Wildman–Crippen MR) is 74.6 cm³/mol. The van der Waals surface area contributed by atoms with Gasteiger partial charge in [0, 0.05) is 44.5 Å². The monoisotopic (exact) mass is 250 g/mol. The molecule has 2 atom stereocenters. The van der Waals surface area contributed by atoms with Gasteiger partial charge in [-0.25, -0.2) is 0 Å². The van der Waals surface area contributed by atoms with Crippen molar-refractivity contribution in [2.75, 3.05) is 19.6 Å². The maximum absolute atomic E-state index is 4.24. The molecule has 2 rings (SSSR count). The molecule has 102 valence electrons. The van der Waals surface area contributed by atoms with Crippen LogP contribution in [0.2, 0.25) is 0 Å². The standard InChI is InChI=1S/C14H26N4/c1-5-14(3)11-15-12(2)9-18(14)7-6-13-8-16-17(4)10-13/h8,10,12,15H,5-7,9,11H2,1-4H3. The van der Waals surface area contributed by atoms with E-state index in [1.807, 2.05) is 17.9 Å². The molecule has 0 radical (unpaired) electrons. The van der Waals surface area contributed by atoms with Crippen LogP contribution in [0.4, 0.5) is 0 Å². The van der Waals surface area contributed by atoms with E-state index in [4.69, 9.17) is 0 Å². The highest BCUT2D eigenvalue weighted by atomic mass is 15.3. The lowest BCUT2D eigenvalue weighted by Gasteiger charge is -2.47. The van der Waals surface area contributed by atoms with Crippen LogP contribution >= 0.6 is 0 Å². The van der Waals surface area contributed by atoms with Gasteiger partial charge in [-0.1, -0.05) is 6.92 Å². The highest BCUT2D eigenvalue weighted by Gasteiger charge is 2.34. The molecule has 4 nitrogen and oxygen atoms in total. The van der Waals surface area contributed by atoms with E-state index >= 15 is 0 Å². The first kappa shape index (κ1) is 13.6. The van der Waals surface area contributed by atoms with E-state index in [1.165, 1.54) is 12.0 Å². The van der Waals surface area contributed by atoms with Crippen molar-refractivity contribution >= 4 is 0 Å². The minimum Gasteiger partial charge on any atom is -0.311 e. The molecule has 1 saturated heterocycles. The van der Waals surface area contributed by atoms with E-state index in [2.05, 4.69) is 42.3 Å². The van der Waals surface area contributed by atoms with Crippen molar-refractivity contribution in [2.24, 2.45) is 7.05 Å². The topological polar surface area (TPSA) is 33.1 Å². The summed E-state index contributed by atoms with van der Waals surface area (Å²) in [5, 5.41) is 7.84. The Balaban J connectivity index is 1.96. The average molecular weight is 250 g/mol. The molecular formula is C14H26N4. The summed E-state index contributed by atoms with van der Waals surface area (Å²) in [6, 6.07) is 0.596. The first-order chi connectivity index (χ1) is 8.53. The van der Waals surface area contributed by atoms with Crippen LogP contribution in [0.15, 0.2) is 12.4 Å². The molecule has 1 fully saturated rings. The number of nitrogens with one attached hydrogen (secondary N) is 1. The van der Waals surface area contributed by atoms with Gasteiger partial charge in [-0.05, 0) is 32.3 Å². The number of piperazine rings is 1. The van der Waals surface area contributed by atoms with Crippen LogP contribution in [0.1, 0.15) is 32.8 Å². The first-order valence-electron chi connectivity index (χ1n) is 6.99. The Labute approximate surface area is 110 Å². The third-order valence-electron chi connectivity index (χ3n) is 4.28. The SMILES string of the molecule is CCC1(C)CNC(C)CN1CCc1cnn(C)c1. The molecule has 1 aliphatic rings. The molecular weight excluding hydrogens is 224 g/mol. The van der Waals surface area contributed by atoms with Gasteiger partial charge in [0.15, 0.2) is 0 Å². The second kappa shape index (κ2) is 5.41. The Bertz CT molecular complexity index is 387. The summed E-state index contributed by atoms with van der Waals surface area (Å²) in [7, 11) is 1.98. The number of rotatable bonds is 4. The van der Waals surface area contributed by atoms with Crippen molar-refractivity contribution in [1.29, 1.82) is 0 Å². The van der Waals surface area contributed by atoms with E-state index in [-0.39, 0.29) is 0 Å². The van der Waals surface area contributed by atoms with Crippen molar-refractivity contribution in [3.05, 3.63) is 18.0 Å². The summed E-state index contributed by atoms with van der Waals surface area (Å²) in [6.45, 7) is 10.3. The second-order valence-electron chi connectivity index (χ2n) is 5.85. The molecule has 18 heavy (non-hydrogen) atoms. The van der Waals surface area contributed by atoms with E-state index in [0.29, 0.717) is 11.6 Å². The number of nitrogens with zero attached hydrogens (tertiary/aromatic N) is 3. The van der Waals surface area contributed by atoms with Crippen LogP contribution in [0.5, 0.6) is 0 Å². The maximum atomic E-state index is 4.24. The molecule has 1 N–H and O–H groups in total. The molecule has 0 bridgehead atoms. The lowest BCUT2D eigenvalue weighted by molar-refractivity contribution is 0.0538. The van der Waals surface area contributed by atoms with E-state index in [9.17, 15) is 0 Å². The smallest absolute Gasteiger partial charge is 0.0522 e. The summed E-state index contributed by atoms with van der Waals surface area (Å²) in [5.41, 5.74) is 1.64. The summed E-state index contributed by atoms with van der Waals surface area (Å²) in [6.07, 6.45) is 6.39. The molecule has 1 aromatic rings. The zero-order valence-corrected chi connectivity index (χ0v) is 12.1. The van der Waals surface area contributed by atoms with E-state index in [0.717, 1.165) is 26.1 Å². The lowest BCUT2D eigenvalue weighted by atomic mass is 9.92. The summed E-state index contributed by atoms with van der Waals surface area (Å²) < 4.78 is 1.88. The Morgan fingerprint density at radius 1 is 1.56 bits per heavy atom. The number of hydrogen-bond donors (Lipinski definition) is 1. The first-order valence-corrected chi connectivity index (χ1v) is 6.99. The molecule has 0 amide bonds. The largest absolute Gasteiger partial charge is 0.311 e. The fourth-order valence-electron chi connectivity index (χ4n) is 2.70. The predicted octanol–water partition coefficient (Wildman–Crippen LogP) is 1.42. The van der Waals surface area contributed by atoms with Gasteiger partial charge in [0.1, 0.15) is 0 Å². The average Bonchev–Trinajstić information content (AvgIpc) is 2.76. The summed E-state index contributed by atoms with van der Waals surface area (Å²) in [5.74, 6) is 0. The molecule has 0 aromatic carbocycles. The lowest BCUT2D eigenvalue weighted by Crippen LogP contribution is -2.62. The minimum absolute atomic E-state index is 0.300. The van der Waals surface area contributed by atoms with Crippen molar-refractivity contribution < 1.29 is 0 Å². The van der Waals surface area contributed by atoms with Crippen molar-refractivity contribution in [3.63, 3.8) is 0 Å². The minimum atomic E-state index is 0.300. The van der Waals surface area contributed by atoms with Gasteiger partial charge < -0.3 is 5.32 Å². The van der Waals surface area contributed by atoms with Gasteiger partial charge in [-0.3, -0.25) is 9.58 Å². The number of aromatic nitrogens is 2. The number of hydrogen-bond acceptors (Lipinski definition) is 3. The third-order valence-corrected chi connectivity index (χ3v) is 4.28. The summed E-state index contributed by atoms with van der Waals surface area (Å²) >= 11 is 0. The van der Waals surface area contributed by atoms with Gasteiger partial charge in [0.05, 0.1) is 6.20 Å². The van der Waals surface area contributed by atoms with Crippen LogP contribution in [-0.2, 0) is 13.5 Å². The summed E-state index contributed by atoms with van der Waals surface area (Å²) in [4.78, 5) is 2.64. The van der Waals surface area contributed by atoms with Crippen LogP contribution in [-0.4, -0.2) is 45.9 Å². The fourth-order valence-corrected chi connectivity index (χ4v) is 2.70. The Kier molecular flexibility index (Phi) is 4.07. The second-order valence-corrected chi connectivity index (χ2v) is 5.85. The van der Waals surface area contributed by atoms with Crippen molar-refractivity contribution in [3.8, 4) is 0 Å². The molecule has 2 heterocycles. The number of aryl methyl sites for hydroxylation is 1. The van der Waals surface area contributed by atoms with Gasteiger partial charge >= 0.3 is 0 Å². The molecule has 0 aliphatic carbocycles. The van der Waals surface area contributed by atoms with Gasteiger partial charge in [0.2, 0.25) is 0 Å². The van der Waals surface area contributed by atoms with Crippen LogP contribution in [0.25, 0.3) is 0 Å². The van der Waals surface area contributed by atoms with E-state index < -0.39 is 0 Å². The highest BCUT2D eigenvalue weighted by Crippen LogP contribution is 2.23. The van der Waals surface area contributed by atoms with Crippen LogP contribution < -0.4 is 5.32 Å². The molecule has 1 aliphatic heterocycles. The fraction of sp³-hybridized carbons (Fsp3) is 0.786. The highest BCUT2D eigenvalue weighted by molar-refractivity contribution is 5.05. The normalized spacial score (nSPS) is 29.7. The zero-order valence-electron chi connectivity index (χ0n) is 12.1. The Morgan fingerprint density at radius 3 is 2.94 bits per heavy atom. The molecule has 4 heteroatoms. The van der Waals surface area contributed by atoms with E-state index in [1.54, 1.807) is 0 Å². The zero-order chi connectivity index (χ0) is 13.2. The Morgan fingerprint density at radius 2 is 2.33 bits per heavy atom. The van der Waals surface area contributed by atoms with Crippen molar-refractivity contribution in [1.82, 2.24) is 20.0 Å². The van der Waals surface area contributed by atoms with Gasteiger partial charge in [-0.15, -0.1) is 0 Å².